The van der Waals surface area contributed by atoms with E-state index in [0.717, 1.165) is 11.0 Å². The maximum atomic E-state index is 12.0. The lowest BCUT2D eigenvalue weighted by molar-refractivity contribution is -0.153. The van der Waals surface area contributed by atoms with Gasteiger partial charge in [-0.05, 0) is 12.1 Å². The molecule has 22 heavy (non-hydrogen) atoms. The predicted molar refractivity (Wildman–Crippen MR) is 79.4 cm³/mol. The van der Waals surface area contributed by atoms with Gasteiger partial charge in [0.15, 0.2) is 5.70 Å². The summed E-state index contributed by atoms with van der Waals surface area (Å²) in [6.07, 6.45) is 1.56. The molecule has 2 aliphatic heterocycles. The van der Waals surface area contributed by atoms with Gasteiger partial charge in [0, 0.05) is 0 Å². The lowest BCUT2D eigenvalue weighted by Crippen LogP contribution is -2.58. The second-order valence-electron chi connectivity index (χ2n) is 5.07. The molecule has 112 valence electrons. The fourth-order valence-corrected chi connectivity index (χ4v) is 4.29. The number of aromatic nitrogens is 2. The third kappa shape index (κ3) is 1.59. The maximum Gasteiger partial charge on any atom is 0.355 e. The van der Waals surface area contributed by atoms with Gasteiger partial charge < -0.3 is 10.2 Å². The molecule has 0 aliphatic carbocycles. The summed E-state index contributed by atoms with van der Waals surface area (Å²) in [5, 5.41) is 18.9. The predicted octanol–water partition coefficient (Wildman–Crippen LogP) is 0.771. The van der Waals surface area contributed by atoms with Crippen LogP contribution in [0.1, 0.15) is 0 Å². The molecule has 3 heterocycles. The lowest BCUT2D eigenvalue weighted by Gasteiger charge is -2.40. The molecule has 1 fully saturated rings. The molecule has 2 aromatic rings. The number of carboxylic acids is 1. The first-order chi connectivity index (χ1) is 10.6. The highest BCUT2D eigenvalue weighted by Crippen LogP contribution is 2.51. The third-order valence-corrected chi connectivity index (χ3v) is 5.29. The number of fused-ring (bicyclic) bond motifs is 2. The van der Waals surface area contributed by atoms with Gasteiger partial charge in [-0.25, -0.2) is 9.78 Å². The normalized spacial score (nSPS) is 23.9. The minimum Gasteiger partial charge on any atom is -0.476 e. The molecular weight excluding hydrogens is 306 g/mol. The zero-order valence-electron chi connectivity index (χ0n) is 11.2. The molecule has 2 atom stereocenters. The number of amides is 1. The Morgan fingerprint density at radius 1 is 1.36 bits per heavy atom. The van der Waals surface area contributed by atoms with Gasteiger partial charge in [0.2, 0.25) is 5.91 Å². The van der Waals surface area contributed by atoms with Crippen LogP contribution < -0.4 is 0 Å². The van der Waals surface area contributed by atoms with Crippen LogP contribution in [0, 0.1) is 5.92 Å². The van der Waals surface area contributed by atoms with Crippen LogP contribution in [0.15, 0.2) is 36.3 Å². The summed E-state index contributed by atoms with van der Waals surface area (Å²) < 4.78 is 1.68. The van der Waals surface area contributed by atoms with Crippen molar-refractivity contribution in [2.45, 2.75) is 5.37 Å². The Hall–Kier alpha value is -2.32. The Balaban J connectivity index is 1.87. The molecule has 8 heteroatoms. The Kier molecular flexibility index (Phi) is 2.78. The molecule has 1 amide bonds. The number of aliphatic hydroxyl groups is 1. The smallest absolute Gasteiger partial charge is 0.355 e. The number of aliphatic carboxylic acids is 1. The number of carboxylic acid groups (broad SMARTS) is 1. The molecule has 1 saturated heterocycles. The van der Waals surface area contributed by atoms with E-state index < -0.39 is 11.9 Å². The monoisotopic (exact) mass is 317 g/mol. The minimum absolute atomic E-state index is 0.0483. The van der Waals surface area contributed by atoms with E-state index >= 15 is 0 Å². The summed E-state index contributed by atoms with van der Waals surface area (Å²) in [7, 11) is 0. The first kappa shape index (κ1) is 13.4. The van der Waals surface area contributed by atoms with Crippen LogP contribution in [-0.4, -0.2) is 48.5 Å². The van der Waals surface area contributed by atoms with E-state index in [0.29, 0.717) is 5.03 Å². The number of hydrogen-bond donors (Lipinski definition) is 2. The highest BCUT2D eigenvalue weighted by Gasteiger charge is 2.56. The Bertz CT molecular complexity index is 843. The number of para-hydroxylation sites is 2. The molecule has 0 spiro atoms. The molecule has 2 aliphatic rings. The second kappa shape index (κ2) is 4.59. The molecule has 0 saturated carbocycles. The van der Waals surface area contributed by atoms with Crippen molar-refractivity contribution in [1.29, 1.82) is 0 Å². The van der Waals surface area contributed by atoms with Gasteiger partial charge in [0.05, 0.1) is 23.6 Å². The number of carbonyl (C=O) groups is 2. The van der Waals surface area contributed by atoms with Crippen molar-refractivity contribution < 1.29 is 19.8 Å². The molecule has 0 radical (unpaired) electrons. The number of aliphatic hydroxyl groups excluding tert-OH is 1. The van der Waals surface area contributed by atoms with Crippen molar-refractivity contribution in [3.8, 4) is 0 Å². The number of benzene rings is 1. The minimum atomic E-state index is -1.16. The van der Waals surface area contributed by atoms with Gasteiger partial charge in [0.1, 0.15) is 16.7 Å². The van der Waals surface area contributed by atoms with Crippen LogP contribution >= 0.6 is 11.8 Å². The van der Waals surface area contributed by atoms with Crippen molar-refractivity contribution in [1.82, 2.24) is 14.5 Å². The van der Waals surface area contributed by atoms with E-state index in [-0.39, 0.29) is 23.6 Å². The van der Waals surface area contributed by atoms with Gasteiger partial charge in [-0.1, -0.05) is 23.9 Å². The number of hydrogen-bond acceptors (Lipinski definition) is 5. The van der Waals surface area contributed by atoms with E-state index in [1.165, 1.54) is 16.7 Å². The summed E-state index contributed by atoms with van der Waals surface area (Å²) in [5.74, 6) is -2.06. The van der Waals surface area contributed by atoms with E-state index in [1.54, 1.807) is 10.9 Å². The fraction of sp³-hybridized carbons (Fsp3) is 0.214. The molecule has 1 aromatic carbocycles. The Morgan fingerprint density at radius 2 is 2.14 bits per heavy atom. The van der Waals surface area contributed by atoms with Crippen molar-refractivity contribution in [2.75, 3.05) is 6.61 Å². The zero-order valence-corrected chi connectivity index (χ0v) is 12.0. The molecule has 0 bridgehead atoms. The third-order valence-electron chi connectivity index (χ3n) is 3.90. The highest BCUT2D eigenvalue weighted by molar-refractivity contribution is 8.09. The molecule has 1 aromatic heterocycles. The van der Waals surface area contributed by atoms with Crippen LogP contribution in [0.4, 0.5) is 0 Å². The quantitative estimate of drug-likeness (QED) is 0.812. The van der Waals surface area contributed by atoms with Gasteiger partial charge in [-0.3, -0.25) is 14.3 Å². The van der Waals surface area contributed by atoms with Crippen molar-refractivity contribution in [3.05, 3.63) is 36.3 Å². The molecular formula is C14H11N3O4S. The molecule has 7 nitrogen and oxygen atoms in total. The van der Waals surface area contributed by atoms with E-state index in [2.05, 4.69) is 4.98 Å². The molecule has 4 rings (SSSR count). The van der Waals surface area contributed by atoms with Gasteiger partial charge in [0.25, 0.3) is 0 Å². The SMILES string of the molecule is O=C(O)C1=C(n2cnc3ccccc32)S[C@@H]2[C@@H](CO)C(=O)N12. The van der Waals surface area contributed by atoms with Crippen LogP contribution in [-0.2, 0) is 9.59 Å². The first-order valence-corrected chi connectivity index (χ1v) is 7.52. The average Bonchev–Trinajstić information content (AvgIpc) is 3.06. The van der Waals surface area contributed by atoms with Gasteiger partial charge >= 0.3 is 5.97 Å². The first-order valence-electron chi connectivity index (χ1n) is 6.64. The number of carbonyl (C=O) groups excluding carboxylic acids is 1. The standard InChI is InChI=1S/C14H11N3O4S/c18-5-7-11(19)17-10(14(20)21)13(22-12(7)17)16-6-15-8-3-1-2-4-9(8)16/h1-4,6-7,12,18H,5H2,(H,20,21)/t7-,12+/m0/s1. The van der Waals surface area contributed by atoms with E-state index in [1.807, 2.05) is 24.3 Å². The largest absolute Gasteiger partial charge is 0.476 e. The number of rotatable bonds is 3. The summed E-state index contributed by atoms with van der Waals surface area (Å²) >= 11 is 1.27. The van der Waals surface area contributed by atoms with Gasteiger partial charge in [-0.15, -0.1) is 0 Å². The van der Waals surface area contributed by atoms with Crippen molar-refractivity contribution >= 4 is 39.7 Å². The average molecular weight is 317 g/mol. The van der Waals surface area contributed by atoms with Crippen molar-refractivity contribution in [2.24, 2.45) is 5.92 Å². The highest BCUT2D eigenvalue weighted by atomic mass is 32.2. The van der Waals surface area contributed by atoms with E-state index in [9.17, 15) is 19.8 Å². The Labute approximate surface area is 128 Å². The number of nitrogens with zero attached hydrogens (tertiary/aromatic N) is 3. The topological polar surface area (TPSA) is 95.7 Å². The summed E-state index contributed by atoms with van der Waals surface area (Å²) in [5.41, 5.74) is 1.48. The number of β-lactam (4-membered cyclic amide) rings is 1. The zero-order chi connectivity index (χ0) is 15.4. The van der Waals surface area contributed by atoms with E-state index in [4.69, 9.17) is 0 Å². The fourth-order valence-electron chi connectivity index (χ4n) is 2.82. The number of thioether (sulfide) groups is 1. The molecule has 0 unspecified atom stereocenters. The summed E-state index contributed by atoms with van der Waals surface area (Å²) in [4.78, 5) is 29.1. The maximum absolute atomic E-state index is 12.0. The van der Waals surface area contributed by atoms with Crippen LogP contribution in [0.2, 0.25) is 0 Å². The summed E-state index contributed by atoms with van der Waals surface area (Å²) in [6.45, 7) is -0.280. The van der Waals surface area contributed by atoms with Crippen LogP contribution in [0.5, 0.6) is 0 Å². The lowest BCUT2D eigenvalue weighted by atomic mass is 9.98. The number of imidazole rings is 1. The van der Waals surface area contributed by atoms with Gasteiger partial charge in [-0.2, -0.15) is 0 Å². The van der Waals surface area contributed by atoms with Crippen LogP contribution in [0.25, 0.3) is 16.1 Å². The summed E-state index contributed by atoms with van der Waals surface area (Å²) in [6, 6.07) is 7.38. The Morgan fingerprint density at radius 3 is 2.86 bits per heavy atom. The second-order valence-corrected chi connectivity index (χ2v) is 6.17. The van der Waals surface area contributed by atoms with Crippen molar-refractivity contribution in [3.63, 3.8) is 0 Å². The van der Waals surface area contributed by atoms with Crippen LogP contribution in [0.3, 0.4) is 0 Å². The molecule has 2 N–H and O–H groups in total.